The van der Waals surface area contributed by atoms with Crippen LogP contribution in [-0.2, 0) is 0 Å². The first kappa shape index (κ1) is 18.6. The Balaban J connectivity index is 1.66. The number of nitrogens with zero attached hydrogens (tertiary/aromatic N) is 2. The Bertz CT molecular complexity index is 875. The van der Waals surface area contributed by atoms with E-state index >= 15 is 0 Å². The van der Waals surface area contributed by atoms with E-state index in [1.807, 2.05) is 11.8 Å². The molecule has 0 aromatic heterocycles. The molecule has 0 aliphatic carbocycles. The first-order valence-corrected chi connectivity index (χ1v) is 8.53. The van der Waals surface area contributed by atoms with Crippen LogP contribution in [-0.4, -0.2) is 42.5 Å². The summed E-state index contributed by atoms with van der Waals surface area (Å²) >= 11 is 0. The van der Waals surface area contributed by atoms with E-state index in [-0.39, 0.29) is 29.1 Å². The largest absolute Gasteiger partial charge is 0.366 e. The van der Waals surface area contributed by atoms with Crippen molar-refractivity contribution in [1.29, 1.82) is 0 Å². The summed E-state index contributed by atoms with van der Waals surface area (Å²) in [5, 5.41) is 2.62. The molecule has 27 heavy (non-hydrogen) atoms. The van der Waals surface area contributed by atoms with Crippen molar-refractivity contribution in [1.82, 2.24) is 4.90 Å². The second-order valence-corrected chi connectivity index (χ2v) is 6.43. The van der Waals surface area contributed by atoms with Crippen molar-refractivity contribution in [3.05, 3.63) is 59.7 Å². The molecular formula is C19H20F2N4O2. The minimum atomic E-state index is -0.872. The first-order valence-electron chi connectivity index (χ1n) is 8.53. The second-order valence-electron chi connectivity index (χ2n) is 6.43. The van der Waals surface area contributed by atoms with Crippen LogP contribution in [0.2, 0.25) is 0 Å². The molecule has 0 saturated carbocycles. The van der Waals surface area contributed by atoms with Crippen molar-refractivity contribution in [2.45, 2.75) is 13.0 Å². The van der Waals surface area contributed by atoms with E-state index in [9.17, 15) is 18.4 Å². The molecule has 0 spiro atoms. The summed E-state index contributed by atoms with van der Waals surface area (Å²) in [6.07, 6.45) is 0. The van der Waals surface area contributed by atoms with Crippen LogP contribution >= 0.6 is 0 Å². The van der Waals surface area contributed by atoms with Crippen LogP contribution in [0, 0.1) is 11.6 Å². The molecule has 1 heterocycles. The molecular weight excluding hydrogens is 354 g/mol. The minimum absolute atomic E-state index is 0.173. The highest BCUT2D eigenvalue weighted by atomic mass is 19.1. The van der Waals surface area contributed by atoms with Gasteiger partial charge >= 0.3 is 6.03 Å². The number of carbonyl (C=O) groups is 2. The summed E-state index contributed by atoms with van der Waals surface area (Å²) < 4.78 is 27.8. The molecule has 1 aliphatic heterocycles. The number of hydrogen-bond donors (Lipinski definition) is 2. The predicted octanol–water partition coefficient (Wildman–Crippen LogP) is 2.81. The molecule has 1 aliphatic rings. The Morgan fingerprint density at radius 1 is 1.11 bits per heavy atom. The van der Waals surface area contributed by atoms with Gasteiger partial charge in [-0.1, -0.05) is 12.1 Å². The van der Waals surface area contributed by atoms with Crippen LogP contribution in [0.3, 0.4) is 0 Å². The lowest BCUT2D eigenvalue weighted by molar-refractivity contribution is 0.0996. The number of para-hydroxylation sites is 1. The van der Waals surface area contributed by atoms with Crippen LogP contribution < -0.4 is 16.0 Å². The zero-order valence-electron chi connectivity index (χ0n) is 14.8. The van der Waals surface area contributed by atoms with Crippen LogP contribution in [0.15, 0.2) is 42.5 Å². The summed E-state index contributed by atoms with van der Waals surface area (Å²) in [5.41, 5.74) is 5.57. The summed E-state index contributed by atoms with van der Waals surface area (Å²) in [6, 6.07) is 9.66. The van der Waals surface area contributed by atoms with Crippen LogP contribution in [0.25, 0.3) is 0 Å². The fourth-order valence-electron chi connectivity index (χ4n) is 3.17. The van der Waals surface area contributed by atoms with Gasteiger partial charge in [-0.05, 0) is 37.3 Å². The lowest BCUT2D eigenvalue weighted by atomic mass is 10.1. The van der Waals surface area contributed by atoms with Gasteiger partial charge in [0.2, 0.25) is 0 Å². The highest BCUT2D eigenvalue weighted by Crippen LogP contribution is 2.23. The molecule has 3 N–H and O–H groups in total. The van der Waals surface area contributed by atoms with Crippen molar-refractivity contribution in [2.75, 3.05) is 29.9 Å². The van der Waals surface area contributed by atoms with Gasteiger partial charge in [0, 0.05) is 31.4 Å². The number of halogens is 2. The Labute approximate surface area is 155 Å². The molecule has 0 unspecified atom stereocenters. The molecule has 3 rings (SSSR count). The number of primary amides is 1. The van der Waals surface area contributed by atoms with Crippen molar-refractivity contribution in [3.8, 4) is 0 Å². The van der Waals surface area contributed by atoms with Crippen molar-refractivity contribution in [3.63, 3.8) is 0 Å². The maximum Gasteiger partial charge on any atom is 0.322 e. The fourth-order valence-corrected chi connectivity index (χ4v) is 3.17. The molecule has 0 bridgehead atoms. The quantitative estimate of drug-likeness (QED) is 0.867. The average molecular weight is 374 g/mol. The number of rotatable bonds is 3. The van der Waals surface area contributed by atoms with Gasteiger partial charge in [-0.2, -0.15) is 0 Å². The molecule has 142 valence electrons. The van der Waals surface area contributed by atoms with E-state index in [4.69, 9.17) is 5.73 Å². The number of nitrogens with two attached hydrogens (primary N) is 1. The third-order valence-corrected chi connectivity index (χ3v) is 4.57. The SMILES string of the molecule is C[C@@H]1CN(c2ccccc2F)CCN1C(=O)Nc1ccc(C(N)=O)c(F)c1. The molecule has 6 nitrogen and oxygen atoms in total. The highest BCUT2D eigenvalue weighted by molar-refractivity contribution is 5.94. The van der Waals surface area contributed by atoms with E-state index in [0.29, 0.717) is 25.3 Å². The maximum atomic E-state index is 14.0. The van der Waals surface area contributed by atoms with Gasteiger partial charge in [0.15, 0.2) is 0 Å². The lowest BCUT2D eigenvalue weighted by Gasteiger charge is -2.40. The molecule has 8 heteroatoms. The summed E-state index contributed by atoms with van der Waals surface area (Å²) in [5.74, 6) is -1.96. The van der Waals surface area contributed by atoms with E-state index in [1.54, 1.807) is 23.1 Å². The molecule has 2 aromatic rings. The number of carbonyl (C=O) groups excluding carboxylic acids is 2. The highest BCUT2D eigenvalue weighted by Gasteiger charge is 2.28. The Morgan fingerprint density at radius 3 is 2.48 bits per heavy atom. The number of urea groups is 1. The Kier molecular flexibility index (Phi) is 5.25. The standard InChI is InChI=1S/C19H20F2N4O2/c1-12-11-24(17-5-3-2-4-15(17)20)8-9-25(12)19(27)23-13-6-7-14(18(22)26)16(21)10-13/h2-7,10,12H,8-9,11H2,1H3,(H2,22,26)(H,23,27)/t12-/m1/s1. The zero-order chi connectivity index (χ0) is 19.6. The second kappa shape index (κ2) is 7.61. The Hall–Kier alpha value is -3.16. The average Bonchev–Trinajstić information content (AvgIpc) is 2.61. The molecule has 3 amide bonds. The number of hydrogen-bond acceptors (Lipinski definition) is 3. The minimum Gasteiger partial charge on any atom is -0.366 e. The van der Waals surface area contributed by atoms with Gasteiger partial charge < -0.3 is 20.9 Å². The number of amides is 3. The van der Waals surface area contributed by atoms with Gasteiger partial charge in [-0.3, -0.25) is 4.79 Å². The van der Waals surface area contributed by atoms with Crippen molar-refractivity contribution in [2.24, 2.45) is 5.73 Å². The first-order chi connectivity index (χ1) is 12.9. The lowest BCUT2D eigenvalue weighted by Crippen LogP contribution is -2.55. The van der Waals surface area contributed by atoms with Crippen LogP contribution in [0.5, 0.6) is 0 Å². The third kappa shape index (κ3) is 3.99. The van der Waals surface area contributed by atoms with Gasteiger partial charge in [0.05, 0.1) is 11.3 Å². The van der Waals surface area contributed by atoms with Crippen LogP contribution in [0.1, 0.15) is 17.3 Å². The molecule has 1 atom stereocenters. The zero-order valence-corrected chi connectivity index (χ0v) is 14.8. The van der Waals surface area contributed by atoms with Crippen LogP contribution in [0.4, 0.5) is 25.0 Å². The van der Waals surface area contributed by atoms with E-state index in [1.165, 1.54) is 18.2 Å². The number of nitrogens with one attached hydrogen (secondary N) is 1. The fraction of sp³-hybridized carbons (Fsp3) is 0.263. The molecule has 2 aromatic carbocycles. The normalized spacial score (nSPS) is 16.9. The van der Waals surface area contributed by atoms with E-state index in [2.05, 4.69) is 5.32 Å². The van der Waals surface area contributed by atoms with Gasteiger partial charge in [0.25, 0.3) is 5.91 Å². The summed E-state index contributed by atoms with van der Waals surface area (Å²) in [6.45, 7) is 3.21. The van der Waals surface area contributed by atoms with E-state index < -0.39 is 11.7 Å². The molecule has 0 radical (unpaired) electrons. The third-order valence-electron chi connectivity index (χ3n) is 4.57. The molecule has 1 fully saturated rings. The number of benzene rings is 2. The predicted molar refractivity (Wildman–Crippen MR) is 98.7 cm³/mol. The van der Waals surface area contributed by atoms with Crippen molar-refractivity contribution >= 4 is 23.3 Å². The summed E-state index contributed by atoms with van der Waals surface area (Å²) in [7, 11) is 0. The monoisotopic (exact) mass is 374 g/mol. The topological polar surface area (TPSA) is 78.7 Å². The van der Waals surface area contributed by atoms with Gasteiger partial charge in [0.1, 0.15) is 11.6 Å². The van der Waals surface area contributed by atoms with Gasteiger partial charge in [-0.15, -0.1) is 0 Å². The van der Waals surface area contributed by atoms with Crippen molar-refractivity contribution < 1.29 is 18.4 Å². The maximum absolute atomic E-state index is 14.0. The van der Waals surface area contributed by atoms with Gasteiger partial charge in [-0.25, -0.2) is 13.6 Å². The number of piperazine rings is 1. The van der Waals surface area contributed by atoms with E-state index in [0.717, 1.165) is 6.07 Å². The Morgan fingerprint density at radius 2 is 1.85 bits per heavy atom. The smallest absolute Gasteiger partial charge is 0.322 e. The number of anilines is 2. The molecule has 1 saturated heterocycles. The summed E-state index contributed by atoms with van der Waals surface area (Å²) in [4.78, 5) is 27.1.